The minimum absolute atomic E-state index is 0.252. The predicted octanol–water partition coefficient (Wildman–Crippen LogP) is 2.80. The topological polar surface area (TPSA) is 38.3 Å². The van der Waals surface area contributed by atoms with E-state index in [1.54, 1.807) is 6.07 Å². The first kappa shape index (κ1) is 14.1. The van der Waals surface area contributed by atoms with E-state index >= 15 is 0 Å². The Hall–Kier alpha value is -1.35. The molecule has 0 spiro atoms. The highest BCUT2D eigenvalue weighted by atomic mass is 16.5. The lowest BCUT2D eigenvalue weighted by Gasteiger charge is -2.22. The van der Waals surface area contributed by atoms with E-state index < -0.39 is 0 Å². The number of nitrogens with one attached hydrogen (secondary N) is 1. The smallest absolute Gasteiger partial charge is 0.337 e. The minimum atomic E-state index is -0.252. The van der Waals surface area contributed by atoms with Crippen LogP contribution in [0.25, 0.3) is 0 Å². The molecule has 1 unspecified atom stereocenters. The molecule has 104 valence electrons. The molecule has 1 saturated heterocycles. The molecule has 0 aromatic heterocycles. The molecule has 0 aliphatic carbocycles. The number of carbonyl (C=O) groups is 1. The molecule has 1 fully saturated rings. The molecule has 2 rings (SSSR count). The number of hydrogen-bond acceptors (Lipinski definition) is 3. The van der Waals surface area contributed by atoms with Crippen molar-refractivity contribution in [1.29, 1.82) is 0 Å². The first-order valence-electron chi connectivity index (χ1n) is 7.17. The molecule has 0 saturated carbocycles. The number of esters is 1. The third-order valence-electron chi connectivity index (χ3n) is 3.82. The molecule has 1 atom stereocenters. The first-order valence-corrected chi connectivity index (χ1v) is 7.17. The summed E-state index contributed by atoms with van der Waals surface area (Å²) < 4.78 is 4.74. The largest absolute Gasteiger partial charge is 0.465 e. The van der Waals surface area contributed by atoms with Crippen molar-refractivity contribution in [2.24, 2.45) is 5.92 Å². The van der Waals surface area contributed by atoms with Gasteiger partial charge in [-0.25, -0.2) is 4.79 Å². The lowest BCUT2D eigenvalue weighted by Crippen LogP contribution is -2.29. The summed E-state index contributed by atoms with van der Waals surface area (Å²) in [7, 11) is 1.42. The van der Waals surface area contributed by atoms with Gasteiger partial charge >= 0.3 is 5.97 Å². The van der Waals surface area contributed by atoms with Gasteiger partial charge < -0.3 is 10.1 Å². The maximum Gasteiger partial charge on any atom is 0.337 e. The third kappa shape index (κ3) is 4.35. The van der Waals surface area contributed by atoms with E-state index in [2.05, 4.69) is 11.4 Å². The molecule has 0 amide bonds. The molecule has 1 aromatic carbocycles. The molecule has 1 aliphatic heterocycles. The van der Waals surface area contributed by atoms with Crippen molar-refractivity contribution in [2.75, 3.05) is 20.2 Å². The predicted molar refractivity (Wildman–Crippen MR) is 76.3 cm³/mol. The Morgan fingerprint density at radius 1 is 1.47 bits per heavy atom. The second-order valence-corrected chi connectivity index (χ2v) is 5.30. The van der Waals surface area contributed by atoms with Crippen molar-refractivity contribution in [2.45, 2.75) is 32.1 Å². The fourth-order valence-electron chi connectivity index (χ4n) is 2.74. The van der Waals surface area contributed by atoms with Gasteiger partial charge in [0.25, 0.3) is 0 Å². The Bertz CT molecular complexity index is 411. The highest BCUT2D eigenvalue weighted by molar-refractivity contribution is 5.89. The molecule has 1 aliphatic rings. The molecule has 0 radical (unpaired) electrons. The van der Waals surface area contributed by atoms with Gasteiger partial charge in [0.15, 0.2) is 0 Å². The summed E-state index contributed by atoms with van der Waals surface area (Å²) in [6.45, 7) is 2.35. The van der Waals surface area contributed by atoms with E-state index in [1.807, 2.05) is 12.1 Å². The van der Waals surface area contributed by atoms with Crippen LogP contribution in [0.15, 0.2) is 24.3 Å². The molecule has 1 aromatic rings. The Morgan fingerprint density at radius 2 is 2.37 bits per heavy atom. The molecular weight excluding hydrogens is 238 g/mol. The summed E-state index contributed by atoms with van der Waals surface area (Å²) in [6, 6.07) is 7.78. The number of rotatable bonds is 5. The zero-order valence-corrected chi connectivity index (χ0v) is 11.7. The summed E-state index contributed by atoms with van der Waals surface area (Å²) in [5.74, 6) is 0.580. The Labute approximate surface area is 115 Å². The summed E-state index contributed by atoms with van der Waals surface area (Å²) in [5, 5.41) is 3.45. The van der Waals surface area contributed by atoms with Crippen molar-refractivity contribution in [3.8, 4) is 0 Å². The Kier molecular flexibility index (Phi) is 5.40. The zero-order valence-electron chi connectivity index (χ0n) is 11.7. The lowest BCUT2D eigenvalue weighted by atomic mass is 9.93. The first-order chi connectivity index (χ1) is 9.29. The molecule has 3 nitrogen and oxygen atoms in total. The van der Waals surface area contributed by atoms with Gasteiger partial charge in [-0.15, -0.1) is 0 Å². The van der Waals surface area contributed by atoms with Gasteiger partial charge in [-0.2, -0.15) is 0 Å². The van der Waals surface area contributed by atoms with E-state index in [0.29, 0.717) is 5.56 Å². The van der Waals surface area contributed by atoms with E-state index in [-0.39, 0.29) is 5.97 Å². The lowest BCUT2D eigenvalue weighted by molar-refractivity contribution is 0.0600. The Balaban J connectivity index is 1.80. The van der Waals surface area contributed by atoms with Crippen LogP contribution in [0.4, 0.5) is 0 Å². The monoisotopic (exact) mass is 261 g/mol. The maximum absolute atomic E-state index is 11.5. The van der Waals surface area contributed by atoms with E-state index in [4.69, 9.17) is 4.74 Å². The zero-order chi connectivity index (χ0) is 13.5. The minimum Gasteiger partial charge on any atom is -0.465 e. The van der Waals surface area contributed by atoms with Crippen molar-refractivity contribution in [1.82, 2.24) is 5.32 Å². The molecular formula is C16H23NO2. The number of piperidine rings is 1. The van der Waals surface area contributed by atoms with Gasteiger partial charge in [0.05, 0.1) is 12.7 Å². The van der Waals surface area contributed by atoms with Crippen molar-refractivity contribution in [3.05, 3.63) is 35.4 Å². The fourth-order valence-corrected chi connectivity index (χ4v) is 2.74. The normalized spacial score (nSPS) is 19.1. The van der Waals surface area contributed by atoms with Crippen LogP contribution in [0.2, 0.25) is 0 Å². The van der Waals surface area contributed by atoms with Gasteiger partial charge in [-0.05, 0) is 68.8 Å². The summed E-state index contributed by atoms with van der Waals surface area (Å²) in [5.41, 5.74) is 1.88. The third-order valence-corrected chi connectivity index (χ3v) is 3.82. The SMILES string of the molecule is COC(=O)c1cccc(CCCC2CCCNC2)c1. The van der Waals surface area contributed by atoms with E-state index in [1.165, 1.54) is 51.4 Å². The highest BCUT2D eigenvalue weighted by Gasteiger charge is 2.12. The van der Waals surface area contributed by atoms with Crippen LogP contribution in [0.5, 0.6) is 0 Å². The van der Waals surface area contributed by atoms with Crippen LogP contribution >= 0.6 is 0 Å². The summed E-state index contributed by atoms with van der Waals surface area (Å²) in [6.07, 6.45) is 6.17. The van der Waals surface area contributed by atoms with Crippen LogP contribution in [-0.4, -0.2) is 26.2 Å². The van der Waals surface area contributed by atoms with Gasteiger partial charge in [-0.1, -0.05) is 12.1 Å². The van der Waals surface area contributed by atoms with E-state index in [9.17, 15) is 4.79 Å². The number of methoxy groups -OCH3 is 1. The van der Waals surface area contributed by atoms with Crippen molar-refractivity contribution < 1.29 is 9.53 Å². The van der Waals surface area contributed by atoms with Gasteiger partial charge in [0.1, 0.15) is 0 Å². The Morgan fingerprint density at radius 3 is 3.11 bits per heavy atom. The van der Waals surface area contributed by atoms with E-state index in [0.717, 1.165) is 12.3 Å². The van der Waals surface area contributed by atoms with Gasteiger partial charge in [-0.3, -0.25) is 0 Å². The number of hydrogen-bond donors (Lipinski definition) is 1. The maximum atomic E-state index is 11.5. The average Bonchev–Trinajstić information content (AvgIpc) is 2.48. The number of ether oxygens (including phenoxy) is 1. The second kappa shape index (κ2) is 7.29. The number of carbonyl (C=O) groups excluding carboxylic acids is 1. The van der Waals surface area contributed by atoms with Crippen LogP contribution < -0.4 is 5.32 Å². The quantitative estimate of drug-likeness (QED) is 0.828. The van der Waals surface area contributed by atoms with Crippen LogP contribution in [0.3, 0.4) is 0 Å². The van der Waals surface area contributed by atoms with Crippen LogP contribution in [0, 0.1) is 5.92 Å². The molecule has 3 heteroatoms. The van der Waals surface area contributed by atoms with Crippen LogP contribution in [-0.2, 0) is 11.2 Å². The van der Waals surface area contributed by atoms with Crippen LogP contribution in [0.1, 0.15) is 41.6 Å². The summed E-state index contributed by atoms with van der Waals surface area (Å²) in [4.78, 5) is 11.5. The number of benzene rings is 1. The second-order valence-electron chi connectivity index (χ2n) is 5.30. The molecule has 0 bridgehead atoms. The molecule has 1 N–H and O–H groups in total. The standard InChI is InChI=1S/C16H23NO2/c1-19-16(18)15-9-3-6-13(11-15)5-2-7-14-8-4-10-17-12-14/h3,6,9,11,14,17H,2,4-5,7-8,10,12H2,1H3. The van der Waals surface area contributed by atoms with Gasteiger partial charge in [0.2, 0.25) is 0 Å². The van der Waals surface area contributed by atoms with Crippen molar-refractivity contribution in [3.63, 3.8) is 0 Å². The number of aryl methyl sites for hydroxylation is 1. The van der Waals surface area contributed by atoms with Gasteiger partial charge in [0, 0.05) is 0 Å². The average molecular weight is 261 g/mol. The molecule has 1 heterocycles. The fraction of sp³-hybridized carbons (Fsp3) is 0.562. The highest BCUT2D eigenvalue weighted by Crippen LogP contribution is 2.18. The van der Waals surface area contributed by atoms with Crippen molar-refractivity contribution >= 4 is 5.97 Å². The summed E-state index contributed by atoms with van der Waals surface area (Å²) >= 11 is 0. The molecule has 19 heavy (non-hydrogen) atoms.